The molecule has 0 aliphatic carbocycles. The molecule has 112 valence electrons. The quantitative estimate of drug-likeness (QED) is 0.772. The van der Waals surface area contributed by atoms with Crippen LogP contribution in [0, 0.1) is 6.92 Å². The second kappa shape index (κ2) is 7.87. The number of rotatable bonds is 7. The van der Waals surface area contributed by atoms with E-state index in [0.29, 0.717) is 31.0 Å². The zero-order chi connectivity index (χ0) is 15.1. The smallest absolute Gasteiger partial charge is 0.254 e. The summed E-state index contributed by atoms with van der Waals surface area (Å²) in [7, 11) is 3.25. The topological polar surface area (TPSA) is 64.8 Å². The molecule has 0 aliphatic heterocycles. The predicted molar refractivity (Wildman–Crippen MR) is 79.8 cm³/mol. The molecule has 5 heteroatoms. The van der Waals surface area contributed by atoms with Crippen LogP contribution in [0.25, 0.3) is 0 Å². The van der Waals surface area contributed by atoms with Crippen molar-refractivity contribution in [3.63, 3.8) is 0 Å². The number of aryl methyl sites for hydroxylation is 1. The van der Waals surface area contributed by atoms with Crippen molar-refractivity contribution >= 4 is 11.6 Å². The molecule has 0 saturated carbocycles. The fourth-order valence-corrected chi connectivity index (χ4v) is 2.07. The third-order valence-electron chi connectivity index (χ3n) is 3.23. The summed E-state index contributed by atoms with van der Waals surface area (Å²) >= 11 is 0. The van der Waals surface area contributed by atoms with Gasteiger partial charge in [-0.15, -0.1) is 0 Å². The van der Waals surface area contributed by atoms with Crippen LogP contribution in [0.4, 0.5) is 5.69 Å². The van der Waals surface area contributed by atoms with Gasteiger partial charge in [-0.2, -0.15) is 0 Å². The third kappa shape index (κ3) is 4.21. The second-order valence-corrected chi connectivity index (χ2v) is 4.87. The SMILES string of the molecule is COCCN(C(=O)c1cc(N)ccc1C)C(C)COC. The zero-order valence-electron chi connectivity index (χ0n) is 12.7. The first-order chi connectivity index (χ1) is 9.51. The maximum absolute atomic E-state index is 12.7. The number of nitrogens with two attached hydrogens (primary N) is 1. The second-order valence-electron chi connectivity index (χ2n) is 4.87. The van der Waals surface area contributed by atoms with Crippen molar-refractivity contribution in [2.75, 3.05) is 39.7 Å². The lowest BCUT2D eigenvalue weighted by Gasteiger charge is -2.29. The Balaban J connectivity index is 2.99. The van der Waals surface area contributed by atoms with Gasteiger partial charge in [-0.25, -0.2) is 0 Å². The van der Waals surface area contributed by atoms with Crippen LogP contribution >= 0.6 is 0 Å². The van der Waals surface area contributed by atoms with Crippen LogP contribution in [0.3, 0.4) is 0 Å². The van der Waals surface area contributed by atoms with Crippen molar-refractivity contribution in [1.82, 2.24) is 4.90 Å². The van der Waals surface area contributed by atoms with Crippen LogP contribution in [0.5, 0.6) is 0 Å². The number of nitrogens with zero attached hydrogens (tertiary/aromatic N) is 1. The number of benzene rings is 1. The van der Waals surface area contributed by atoms with E-state index in [4.69, 9.17) is 15.2 Å². The lowest BCUT2D eigenvalue weighted by atomic mass is 10.1. The Morgan fingerprint density at radius 1 is 1.35 bits per heavy atom. The van der Waals surface area contributed by atoms with Gasteiger partial charge in [-0.3, -0.25) is 4.79 Å². The van der Waals surface area contributed by atoms with Gasteiger partial charge in [0.2, 0.25) is 0 Å². The van der Waals surface area contributed by atoms with Crippen molar-refractivity contribution in [3.05, 3.63) is 29.3 Å². The van der Waals surface area contributed by atoms with Crippen molar-refractivity contribution < 1.29 is 14.3 Å². The van der Waals surface area contributed by atoms with Crippen LogP contribution in [-0.4, -0.2) is 50.8 Å². The molecule has 1 aromatic rings. The molecule has 0 bridgehead atoms. The van der Waals surface area contributed by atoms with Gasteiger partial charge in [-0.1, -0.05) is 6.07 Å². The highest BCUT2D eigenvalue weighted by Gasteiger charge is 2.22. The molecule has 0 aromatic heterocycles. The van der Waals surface area contributed by atoms with Gasteiger partial charge >= 0.3 is 0 Å². The molecule has 0 heterocycles. The summed E-state index contributed by atoms with van der Waals surface area (Å²) in [5.74, 6) is -0.0450. The Bertz CT molecular complexity index is 449. The fourth-order valence-electron chi connectivity index (χ4n) is 2.07. The predicted octanol–water partition coefficient (Wildman–Crippen LogP) is 1.70. The van der Waals surface area contributed by atoms with E-state index in [-0.39, 0.29) is 11.9 Å². The first-order valence-corrected chi connectivity index (χ1v) is 6.66. The summed E-state index contributed by atoms with van der Waals surface area (Å²) in [6.07, 6.45) is 0. The Kier molecular flexibility index (Phi) is 6.48. The molecule has 0 saturated heterocycles. The van der Waals surface area contributed by atoms with Gasteiger partial charge in [0.15, 0.2) is 0 Å². The van der Waals surface area contributed by atoms with E-state index >= 15 is 0 Å². The minimum atomic E-state index is -0.0450. The molecule has 5 nitrogen and oxygen atoms in total. The minimum Gasteiger partial charge on any atom is -0.399 e. The highest BCUT2D eigenvalue weighted by atomic mass is 16.5. The maximum atomic E-state index is 12.7. The van der Waals surface area contributed by atoms with E-state index in [9.17, 15) is 4.79 Å². The summed E-state index contributed by atoms with van der Waals surface area (Å²) < 4.78 is 10.2. The Hall–Kier alpha value is -1.59. The molecule has 20 heavy (non-hydrogen) atoms. The third-order valence-corrected chi connectivity index (χ3v) is 3.23. The number of carbonyl (C=O) groups excluding carboxylic acids is 1. The summed E-state index contributed by atoms with van der Waals surface area (Å²) in [6.45, 7) is 5.35. The number of carbonyl (C=O) groups is 1. The molecule has 2 N–H and O–H groups in total. The van der Waals surface area contributed by atoms with Crippen LogP contribution in [-0.2, 0) is 9.47 Å². The number of hydrogen-bond acceptors (Lipinski definition) is 4. The Labute approximate surface area is 120 Å². The van der Waals surface area contributed by atoms with E-state index in [2.05, 4.69) is 0 Å². The number of ether oxygens (including phenoxy) is 2. The maximum Gasteiger partial charge on any atom is 0.254 e. The van der Waals surface area contributed by atoms with Crippen LogP contribution < -0.4 is 5.73 Å². The van der Waals surface area contributed by atoms with Crippen molar-refractivity contribution in [1.29, 1.82) is 0 Å². The molecule has 1 rings (SSSR count). The summed E-state index contributed by atoms with van der Waals surface area (Å²) in [5.41, 5.74) is 7.91. The van der Waals surface area contributed by atoms with E-state index < -0.39 is 0 Å². The van der Waals surface area contributed by atoms with Gasteiger partial charge in [0, 0.05) is 32.0 Å². The first-order valence-electron chi connectivity index (χ1n) is 6.66. The molecule has 1 aromatic carbocycles. The number of amides is 1. The summed E-state index contributed by atoms with van der Waals surface area (Å²) in [4.78, 5) is 14.5. The molecule has 0 fully saturated rings. The number of anilines is 1. The van der Waals surface area contributed by atoms with Crippen LogP contribution in [0.1, 0.15) is 22.8 Å². The molecular weight excluding hydrogens is 256 g/mol. The Morgan fingerprint density at radius 3 is 2.65 bits per heavy atom. The van der Waals surface area contributed by atoms with Gasteiger partial charge in [0.1, 0.15) is 0 Å². The number of methoxy groups -OCH3 is 2. The van der Waals surface area contributed by atoms with E-state index in [0.717, 1.165) is 5.56 Å². The molecule has 1 unspecified atom stereocenters. The monoisotopic (exact) mass is 280 g/mol. The highest BCUT2D eigenvalue weighted by molar-refractivity contribution is 5.96. The van der Waals surface area contributed by atoms with Crippen LogP contribution in [0.15, 0.2) is 18.2 Å². The normalized spacial score (nSPS) is 12.2. The van der Waals surface area contributed by atoms with E-state index in [1.165, 1.54) is 0 Å². The molecular formula is C15H24N2O3. The fraction of sp³-hybridized carbons (Fsp3) is 0.533. The van der Waals surface area contributed by atoms with Crippen molar-refractivity contribution in [2.45, 2.75) is 19.9 Å². The number of hydrogen-bond donors (Lipinski definition) is 1. The van der Waals surface area contributed by atoms with Crippen LogP contribution in [0.2, 0.25) is 0 Å². The number of nitrogen functional groups attached to an aromatic ring is 1. The van der Waals surface area contributed by atoms with E-state index in [1.807, 2.05) is 19.9 Å². The standard InChI is InChI=1S/C15H24N2O3/c1-11-5-6-13(16)9-14(11)15(18)17(7-8-19-3)12(2)10-20-4/h5-6,9,12H,7-8,10,16H2,1-4H3. The highest BCUT2D eigenvalue weighted by Crippen LogP contribution is 2.16. The lowest BCUT2D eigenvalue weighted by Crippen LogP contribution is -2.43. The molecule has 1 amide bonds. The molecule has 0 aliphatic rings. The minimum absolute atomic E-state index is 0.0246. The first kappa shape index (κ1) is 16.5. The molecule has 0 radical (unpaired) electrons. The van der Waals surface area contributed by atoms with Crippen molar-refractivity contribution in [3.8, 4) is 0 Å². The average molecular weight is 280 g/mol. The summed E-state index contributed by atoms with van der Waals surface area (Å²) in [5, 5.41) is 0. The van der Waals surface area contributed by atoms with Gasteiger partial charge in [0.25, 0.3) is 5.91 Å². The van der Waals surface area contributed by atoms with Gasteiger partial charge in [0.05, 0.1) is 19.3 Å². The van der Waals surface area contributed by atoms with Gasteiger partial charge in [-0.05, 0) is 31.5 Å². The lowest BCUT2D eigenvalue weighted by molar-refractivity contribution is 0.0479. The molecule has 1 atom stereocenters. The largest absolute Gasteiger partial charge is 0.399 e. The van der Waals surface area contributed by atoms with E-state index in [1.54, 1.807) is 31.3 Å². The van der Waals surface area contributed by atoms with Gasteiger partial charge < -0.3 is 20.1 Å². The average Bonchev–Trinajstić information content (AvgIpc) is 2.42. The summed E-state index contributed by atoms with van der Waals surface area (Å²) in [6, 6.07) is 5.35. The Morgan fingerprint density at radius 2 is 2.05 bits per heavy atom. The molecule has 0 spiro atoms. The van der Waals surface area contributed by atoms with Crippen molar-refractivity contribution in [2.24, 2.45) is 0 Å². The zero-order valence-corrected chi connectivity index (χ0v) is 12.7.